The molecule has 16 heavy (non-hydrogen) atoms. The Labute approximate surface area is 98.4 Å². The minimum Gasteiger partial charge on any atom is -0.493 e. The maximum Gasteiger partial charge on any atom is 0.181 e. The summed E-state index contributed by atoms with van der Waals surface area (Å²) in [6.45, 7) is 0.101. The minimum atomic E-state index is 0.101. The molecule has 0 fully saturated rings. The van der Waals surface area contributed by atoms with Crippen LogP contribution in [0.3, 0.4) is 0 Å². The van der Waals surface area contributed by atoms with E-state index in [-0.39, 0.29) is 6.61 Å². The van der Waals surface area contributed by atoms with Gasteiger partial charge in [0.15, 0.2) is 11.5 Å². The Balaban J connectivity index is 3.13. The van der Waals surface area contributed by atoms with Crippen LogP contribution >= 0.6 is 11.6 Å². The number of hydrogen-bond donors (Lipinski definition) is 1. The van der Waals surface area contributed by atoms with Crippen molar-refractivity contribution in [3.8, 4) is 23.8 Å². The van der Waals surface area contributed by atoms with Gasteiger partial charge in [-0.2, -0.15) is 0 Å². The molecule has 0 amide bonds. The van der Waals surface area contributed by atoms with Crippen LogP contribution in [0.15, 0.2) is 17.3 Å². The smallest absolute Gasteiger partial charge is 0.181 e. The van der Waals surface area contributed by atoms with Crippen molar-refractivity contribution in [1.29, 1.82) is 0 Å². The molecule has 1 aromatic rings. The van der Waals surface area contributed by atoms with Gasteiger partial charge in [0, 0.05) is 5.56 Å². The van der Waals surface area contributed by atoms with Gasteiger partial charge in [-0.05, 0) is 12.1 Å². The summed E-state index contributed by atoms with van der Waals surface area (Å²) in [5.74, 6) is 3.13. The average molecular weight is 240 g/mol. The number of ether oxygens (including phenoxy) is 2. The molecule has 0 atom stereocenters. The fourth-order valence-electron chi connectivity index (χ4n) is 1.13. The lowest BCUT2D eigenvalue weighted by molar-refractivity contribution is 0.321. The molecule has 0 spiro atoms. The van der Waals surface area contributed by atoms with Crippen LogP contribution in [0.2, 0.25) is 5.02 Å². The maximum atomic E-state index is 8.41. The fourth-order valence-corrected chi connectivity index (χ4v) is 1.41. The van der Waals surface area contributed by atoms with E-state index >= 15 is 0 Å². The van der Waals surface area contributed by atoms with Crippen molar-refractivity contribution in [2.45, 2.75) is 0 Å². The van der Waals surface area contributed by atoms with E-state index in [1.54, 1.807) is 12.1 Å². The summed E-state index contributed by atoms with van der Waals surface area (Å²) in [6.07, 6.45) is 6.32. The molecular weight excluding hydrogens is 230 g/mol. The molecule has 0 aromatic heterocycles. The number of terminal acetylenes is 1. The summed E-state index contributed by atoms with van der Waals surface area (Å²) >= 11 is 5.97. The Kier molecular flexibility index (Phi) is 4.49. The lowest BCUT2D eigenvalue weighted by Gasteiger charge is -2.11. The number of methoxy groups -OCH3 is 1. The highest BCUT2D eigenvalue weighted by atomic mass is 35.5. The molecule has 0 bridgehead atoms. The molecule has 5 heteroatoms. The Morgan fingerprint density at radius 3 is 2.94 bits per heavy atom. The van der Waals surface area contributed by atoms with Gasteiger partial charge in [-0.15, -0.1) is 6.42 Å². The number of hydrogen-bond acceptors (Lipinski definition) is 4. The molecule has 84 valence electrons. The Morgan fingerprint density at radius 2 is 2.38 bits per heavy atom. The third-order valence-corrected chi connectivity index (χ3v) is 2.04. The first kappa shape index (κ1) is 12.2. The zero-order valence-corrected chi connectivity index (χ0v) is 9.36. The summed E-state index contributed by atoms with van der Waals surface area (Å²) in [5.41, 5.74) is 0.595. The summed E-state index contributed by atoms with van der Waals surface area (Å²) in [4.78, 5) is 0. The molecule has 0 unspecified atom stereocenters. The van der Waals surface area contributed by atoms with Crippen LogP contribution in [0.1, 0.15) is 5.56 Å². The molecule has 1 N–H and O–H groups in total. The highest BCUT2D eigenvalue weighted by molar-refractivity contribution is 6.32. The molecule has 0 aliphatic rings. The predicted octanol–water partition coefficient (Wildman–Crippen LogP) is 2.17. The summed E-state index contributed by atoms with van der Waals surface area (Å²) in [7, 11) is 1.48. The largest absolute Gasteiger partial charge is 0.493 e. The highest BCUT2D eigenvalue weighted by Crippen LogP contribution is 2.35. The van der Waals surface area contributed by atoms with Gasteiger partial charge in [0.2, 0.25) is 0 Å². The SMILES string of the molecule is C#CCOc1c(Cl)cc(/C=N\O)cc1OC. The zero-order chi connectivity index (χ0) is 12.0. The van der Waals surface area contributed by atoms with Gasteiger partial charge >= 0.3 is 0 Å². The van der Waals surface area contributed by atoms with E-state index in [9.17, 15) is 0 Å². The molecule has 0 heterocycles. The standard InChI is InChI=1S/C11H10ClNO3/c1-3-4-16-11-9(12)5-8(7-13-14)6-10(11)15-2/h1,5-7,14H,4H2,2H3/b13-7-. The van der Waals surface area contributed by atoms with Gasteiger partial charge < -0.3 is 14.7 Å². The molecule has 0 aliphatic carbocycles. The second-order valence-corrected chi connectivity index (χ2v) is 3.18. The third kappa shape index (κ3) is 2.81. The van der Waals surface area contributed by atoms with Gasteiger partial charge in [0.1, 0.15) is 6.61 Å². The van der Waals surface area contributed by atoms with Crippen molar-refractivity contribution < 1.29 is 14.7 Å². The Morgan fingerprint density at radius 1 is 1.62 bits per heavy atom. The molecular formula is C11H10ClNO3. The first-order valence-corrected chi connectivity index (χ1v) is 4.72. The van der Waals surface area contributed by atoms with E-state index < -0.39 is 0 Å². The maximum absolute atomic E-state index is 8.41. The van der Waals surface area contributed by atoms with Gasteiger partial charge in [0.25, 0.3) is 0 Å². The second kappa shape index (κ2) is 5.89. The van der Waals surface area contributed by atoms with Crippen molar-refractivity contribution in [2.24, 2.45) is 5.16 Å². The number of nitrogens with zero attached hydrogens (tertiary/aromatic N) is 1. The van der Waals surface area contributed by atoms with Crippen LogP contribution in [0.5, 0.6) is 11.5 Å². The van der Waals surface area contributed by atoms with Crippen molar-refractivity contribution in [3.05, 3.63) is 22.7 Å². The van der Waals surface area contributed by atoms with Crippen molar-refractivity contribution in [3.63, 3.8) is 0 Å². The van der Waals surface area contributed by atoms with Crippen LogP contribution in [-0.4, -0.2) is 25.1 Å². The fraction of sp³-hybridized carbons (Fsp3) is 0.182. The number of rotatable bonds is 4. The van der Waals surface area contributed by atoms with Gasteiger partial charge in [-0.25, -0.2) is 0 Å². The van der Waals surface area contributed by atoms with Gasteiger partial charge in [-0.3, -0.25) is 0 Å². The molecule has 0 aliphatic heterocycles. The van der Waals surface area contributed by atoms with E-state index in [2.05, 4.69) is 11.1 Å². The van der Waals surface area contributed by atoms with E-state index in [0.717, 1.165) is 0 Å². The second-order valence-electron chi connectivity index (χ2n) is 2.77. The Bertz CT molecular complexity index is 438. The van der Waals surface area contributed by atoms with Crippen molar-refractivity contribution in [1.82, 2.24) is 0 Å². The van der Waals surface area contributed by atoms with Crippen LogP contribution < -0.4 is 9.47 Å². The minimum absolute atomic E-state index is 0.101. The van der Waals surface area contributed by atoms with Crippen LogP contribution in [0.25, 0.3) is 0 Å². The summed E-state index contributed by atoms with van der Waals surface area (Å²) in [6, 6.07) is 3.20. The topological polar surface area (TPSA) is 51.0 Å². The molecule has 0 saturated heterocycles. The molecule has 1 aromatic carbocycles. The van der Waals surface area contributed by atoms with Gasteiger partial charge in [-0.1, -0.05) is 22.7 Å². The molecule has 0 radical (unpaired) electrons. The van der Waals surface area contributed by atoms with E-state index in [4.69, 9.17) is 32.7 Å². The first-order chi connectivity index (χ1) is 7.72. The van der Waals surface area contributed by atoms with E-state index in [1.165, 1.54) is 13.3 Å². The first-order valence-electron chi connectivity index (χ1n) is 4.34. The highest BCUT2D eigenvalue weighted by Gasteiger charge is 2.10. The summed E-state index contributed by atoms with van der Waals surface area (Å²) in [5, 5.41) is 11.7. The molecule has 4 nitrogen and oxygen atoms in total. The van der Waals surface area contributed by atoms with Crippen LogP contribution in [0.4, 0.5) is 0 Å². The van der Waals surface area contributed by atoms with Crippen LogP contribution in [0, 0.1) is 12.3 Å². The molecule has 1 rings (SSSR count). The van der Waals surface area contributed by atoms with Crippen LogP contribution in [-0.2, 0) is 0 Å². The van der Waals surface area contributed by atoms with Gasteiger partial charge in [0.05, 0.1) is 18.3 Å². The predicted molar refractivity (Wildman–Crippen MR) is 61.7 cm³/mol. The van der Waals surface area contributed by atoms with E-state index in [0.29, 0.717) is 22.1 Å². The quantitative estimate of drug-likeness (QED) is 0.379. The van der Waals surface area contributed by atoms with Crippen molar-refractivity contribution in [2.75, 3.05) is 13.7 Å². The lowest BCUT2D eigenvalue weighted by atomic mass is 10.2. The average Bonchev–Trinajstić information content (AvgIpc) is 2.27. The van der Waals surface area contributed by atoms with E-state index in [1.807, 2.05) is 0 Å². The number of halogens is 1. The Hall–Kier alpha value is -1.86. The number of benzene rings is 1. The molecule has 0 saturated carbocycles. The number of oxime groups is 1. The lowest BCUT2D eigenvalue weighted by Crippen LogP contribution is -1.98. The normalized spacial score (nSPS) is 10.1. The third-order valence-electron chi connectivity index (χ3n) is 1.76. The van der Waals surface area contributed by atoms with Crippen molar-refractivity contribution >= 4 is 17.8 Å². The monoisotopic (exact) mass is 239 g/mol. The zero-order valence-electron chi connectivity index (χ0n) is 8.61. The summed E-state index contributed by atoms with van der Waals surface area (Å²) < 4.78 is 10.3.